The molecule has 0 spiro atoms. The van der Waals surface area contributed by atoms with Crippen molar-refractivity contribution in [3.05, 3.63) is 23.8 Å². The normalized spacial score (nSPS) is 19.9. The van der Waals surface area contributed by atoms with Crippen LogP contribution in [0.3, 0.4) is 0 Å². The Morgan fingerprint density at radius 1 is 1.43 bits per heavy atom. The van der Waals surface area contributed by atoms with E-state index >= 15 is 0 Å². The van der Waals surface area contributed by atoms with E-state index in [0.717, 1.165) is 12.0 Å². The molecule has 1 amide bonds. The van der Waals surface area contributed by atoms with E-state index in [1.165, 1.54) is 0 Å². The summed E-state index contributed by atoms with van der Waals surface area (Å²) in [6.07, 6.45) is 0.798. The van der Waals surface area contributed by atoms with Crippen molar-refractivity contribution in [2.75, 3.05) is 18.5 Å². The number of hydrogen-bond donors (Lipinski definition) is 2. The highest BCUT2D eigenvalue weighted by Gasteiger charge is 2.43. The number of carbonyl (C=O) groups is 2. The summed E-state index contributed by atoms with van der Waals surface area (Å²) in [6, 6.07) is 5.05. The second-order valence-electron chi connectivity index (χ2n) is 4.98. The molecule has 0 aliphatic heterocycles. The average molecular weight is 293 g/mol. The van der Waals surface area contributed by atoms with Crippen LogP contribution in [0, 0.1) is 12.8 Å². The molecule has 2 unspecified atom stereocenters. The molecule has 2 rings (SSSR count). The van der Waals surface area contributed by atoms with Gasteiger partial charge in [0.1, 0.15) is 5.75 Å². The summed E-state index contributed by atoms with van der Waals surface area (Å²) in [7, 11) is 0. The molecule has 6 heteroatoms. The largest absolute Gasteiger partial charge is 0.482 e. The van der Waals surface area contributed by atoms with Gasteiger partial charge in [-0.15, -0.1) is 0 Å². The average Bonchev–Trinajstić information content (AvgIpc) is 3.19. The monoisotopic (exact) mass is 293 g/mol. The highest BCUT2D eigenvalue weighted by molar-refractivity contribution is 5.95. The van der Waals surface area contributed by atoms with Gasteiger partial charge >= 0.3 is 5.97 Å². The third-order valence-electron chi connectivity index (χ3n) is 3.27. The Morgan fingerprint density at radius 2 is 2.19 bits per heavy atom. The number of aliphatic carboxylic acids is 1. The summed E-state index contributed by atoms with van der Waals surface area (Å²) in [5.74, 6) is -0.685. The number of benzene rings is 1. The van der Waals surface area contributed by atoms with Gasteiger partial charge in [0.25, 0.3) is 0 Å². The van der Waals surface area contributed by atoms with Crippen LogP contribution in [0.1, 0.15) is 18.9 Å². The zero-order chi connectivity index (χ0) is 15.4. The maximum Gasteiger partial charge on any atom is 0.341 e. The minimum absolute atomic E-state index is 0.0356. The second-order valence-corrected chi connectivity index (χ2v) is 4.98. The highest BCUT2D eigenvalue weighted by Crippen LogP contribution is 2.35. The summed E-state index contributed by atoms with van der Waals surface area (Å²) in [6.45, 7) is 3.97. The van der Waals surface area contributed by atoms with Gasteiger partial charge in [-0.25, -0.2) is 4.79 Å². The van der Waals surface area contributed by atoms with E-state index in [1.54, 1.807) is 18.2 Å². The van der Waals surface area contributed by atoms with E-state index in [2.05, 4.69) is 5.32 Å². The van der Waals surface area contributed by atoms with Gasteiger partial charge < -0.3 is 19.9 Å². The van der Waals surface area contributed by atoms with E-state index in [9.17, 15) is 9.59 Å². The van der Waals surface area contributed by atoms with Crippen molar-refractivity contribution in [2.45, 2.75) is 26.4 Å². The van der Waals surface area contributed by atoms with E-state index in [0.29, 0.717) is 18.0 Å². The number of hydrogen-bond acceptors (Lipinski definition) is 4. The Hall–Kier alpha value is -2.08. The molecular weight excluding hydrogens is 274 g/mol. The molecule has 0 radical (unpaired) electrons. The first-order valence-corrected chi connectivity index (χ1v) is 6.89. The van der Waals surface area contributed by atoms with Crippen LogP contribution < -0.4 is 10.1 Å². The number of anilines is 1. The molecule has 1 aromatic rings. The molecule has 0 heterocycles. The van der Waals surface area contributed by atoms with Crippen LogP contribution in [0.4, 0.5) is 5.69 Å². The summed E-state index contributed by atoms with van der Waals surface area (Å²) in [5, 5.41) is 11.4. The lowest BCUT2D eigenvalue weighted by Crippen LogP contribution is -2.17. The zero-order valence-electron chi connectivity index (χ0n) is 12.1. The lowest BCUT2D eigenvalue weighted by atomic mass is 10.2. The second kappa shape index (κ2) is 6.58. The van der Waals surface area contributed by atoms with E-state index in [-0.39, 0.29) is 24.5 Å². The van der Waals surface area contributed by atoms with Crippen LogP contribution in [0.2, 0.25) is 0 Å². The summed E-state index contributed by atoms with van der Waals surface area (Å²) in [4.78, 5) is 22.5. The number of carboxylic acids is 1. The zero-order valence-corrected chi connectivity index (χ0v) is 12.1. The van der Waals surface area contributed by atoms with Gasteiger partial charge in [0.2, 0.25) is 5.91 Å². The topological polar surface area (TPSA) is 84.9 Å². The summed E-state index contributed by atoms with van der Waals surface area (Å²) >= 11 is 0. The van der Waals surface area contributed by atoms with Gasteiger partial charge in [0.05, 0.1) is 12.0 Å². The number of amides is 1. The van der Waals surface area contributed by atoms with Crippen molar-refractivity contribution in [3.63, 3.8) is 0 Å². The Labute approximate surface area is 123 Å². The standard InChI is InChI=1S/C15H19NO5/c1-3-20-13-7-11(13)15(19)16-12-5-4-10(6-9(12)2)21-8-14(17)18/h4-6,11,13H,3,7-8H2,1-2H3,(H,16,19)(H,17,18). The van der Waals surface area contributed by atoms with Gasteiger partial charge in [-0.2, -0.15) is 0 Å². The molecule has 0 bridgehead atoms. The Balaban J connectivity index is 1.92. The number of ether oxygens (including phenoxy) is 2. The number of rotatable bonds is 7. The van der Waals surface area contributed by atoms with E-state index in [1.807, 2.05) is 13.8 Å². The van der Waals surface area contributed by atoms with Gasteiger partial charge in [0, 0.05) is 12.3 Å². The van der Waals surface area contributed by atoms with Crippen LogP contribution in [-0.4, -0.2) is 36.3 Å². The number of aryl methyl sites for hydroxylation is 1. The van der Waals surface area contributed by atoms with Crippen molar-refractivity contribution >= 4 is 17.6 Å². The molecule has 1 aliphatic rings. The van der Waals surface area contributed by atoms with Crippen LogP contribution in [-0.2, 0) is 14.3 Å². The molecule has 2 atom stereocenters. The number of carboxylic acid groups (broad SMARTS) is 1. The van der Waals surface area contributed by atoms with Crippen LogP contribution in [0.25, 0.3) is 0 Å². The summed E-state index contributed by atoms with van der Waals surface area (Å²) in [5.41, 5.74) is 1.52. The quantitative estimate of drug-likeness (QED) is 0.801. The van der Waals surface area contributed by atoms with E-state index < -0.39 is 5.97 Å². The molecule has 6 nitrogen and oxygen atoms in total. The smallest absolute Gasteiger partial charge is 0.341 e. The van der Waals surface area contributed by atoms with Crippen LogP contribution in [0.15, 0.2) is 18.2 Å². The molecule has 1 aliphatic carbocycles. The molecule has 2 N–H and O–H groups in total. The van der Waals surface area contributed by atoms with Gasteiger partial charge in [-0.05, 0) is 44.0 Å². The van der Waals surface area contributed by atoms with Crippen molar-refractivity contribution in [3.8, 4) is 5.75 Å². The molecule has 21 heavy (non-hydrogen) atoms. The van der Waals surface area contributed by atoms with Gasteiger partial charge in [-0.3, -0.25) is 4.79 Å². The SMILES string of the molecule is CCOC1CC1C(=O)Nc1ccc(OCC(=O)O)cc1C. The molecule has 114 valence electrons. The number of carbonyl (C=O) groups excluding carboxylic acids is 1. The predicted octanol–water partition coefficient (Wildman–Crippen LogP) is 1.82. The fraction of sp³-hybridized carbons (Fsp3) is 0.467. The first kappa shape index (κ1) is 15.3. The highest BCUT2D eigenvalue weighted by atomic mass is 16.5. The Morgan fingerprint density at radius 3 is 2.81 bits per heavy atom. The lowest BCUT2D eigenvalue weighted by Gasteiger charge is -2.10. The fourth-order valence-electron chi connectivity index (χ4n) is 2.08. The molecule has 1 fully saturated rings. The van der Waals surface area contributed by atoms with Gasteiger partial charge in [-0.1, -0.05) is 0 Å². The molecule has 1 aromatic carbocycles. The molecule has 1 saturated carbocycles. The van der Waals surface area contributed by atoms with Crippen LogP contribution >= 0.6 is 0 Å². The molecule has 0 aromatic heterocycles. The molecular formula is C15H19NO5. The van der Waals surface area contributed by atoms with Crippen molar-refractivity contribution in [1.82, 2.24) is 0 Å². The third-order valence-corrected chi connectivity index (χ3v) is 3.27. The van der Waals surface area contributed by atoms with Crippen molar-refractivity contribution in [1.29, 1.82) is 0 Å². The first-order valence-electron chi connectivity index (χ1n) is 6.89. The minimum atomic E-state index is -1.03. The van der Waals surface area contributed by atoms with Crippen molar-refractivity contribution in [2.24, 2.45) is 5.92 Å². The Bertz CT molecular complexity index is 543. The predicted molar refractivity (Wildman–Crippen MR) is 76.5 cm³/mol. The minimum Gasteiger partial charge on any atom is -0.482 e. The van der Waals surface area contributed by atoms with Gasteiger partial charge in [0.15, 0.2) is 6.61 Å². The number of nitrogens with one attached hydrogen (secondary N) is 1. The lowest BCUT2D eigenvalue weighted by molar-refractivity contribution is -0.139. The van der Waals surface area contributed by atoms with Crippen molar-refractivity contribution < 1.29 is 24.2 Å². The van der Waals surface area contributed by atoms with E-state index in [4.69, 9.17) is 14.6 Å². The maximum absolute atomic E-state index is 12.0. The maximum atomic E-state index is 12.0. The molecule has 0 saturated heterocycles. The first-order chi connectivity index (χ1) is 10.0. The summed E-state index contributed by atoms with van der Waals surface area (Å²) < 4.78 is 10.5. The Kier molecular flexibility index (Phi) is 4.80. The van der Waals surface area contributed by atoms with Crippen LogP contribution in [0.5, 0.6) is 5.75 Å². The third kappa shape index (κ3) is 4.19. The fourth-order valence-corrected chi connectivity index (χ4v) is 2.08.